The van der Waals surface area contributed by atoms with Crippen LogP contribution in [-0.4, -0.2) is 38.3 Å². The molecule has 0 heterocycles. The molecule has 0 aromatic carbocycles. The number of methoxy groups -OCH3 is 1. The minimum absolute atomic E-state index is 0.507. The summed E-state index contributed by atoms with van der Waals surface area (Å²) in [5, 5.41) is 0. The zero-order valence-electron chi connectivity index (χ0n) is 13.7. The van der Waals surface area contributed by atoms with Crippen molar-refractivity contribution in [3.8, 4) is 0 Å². The number of rotatable bonds is 9. The lowest BCUT2D eigenvalue weighted by Crippen LogP contribution is -2.45. The van der Waals surface area contributed by atoms with E-state index in [1.807, 2.05) is 21.0 Å². The molecule has 0 aromatic heterocycles. The Balaban J connectivity index is 0.000000861. The molecule has 0 bridgehead atoms. The Hall–Kier alpha value is -0.0800. The van der Waals surface area contributed by atoms with Crippen molar-refractivity contribution >= 4 is 0 Å². The van der Waals surface area contributed by atoms with Crippen LogP contribution >= 0.6 is 0 Å². The summed E-state index contributed by atoms with van der Waals surface area (Å²) in [6.45, 7) is 11.1. The van der Waals surface area contributed by atoms with Crippen molar-refractivity contribution in [1.82, 2.24) is 4.90 Å². The van der Waals surface area contributed by atoms with E-state index < -0.39 is 0 Å². The van der Waals surface area contributed by atoms with E-state index in [0.29, 0.717) is 5.41 Å². The van der Waals surface area contributed by atoms with E-state index in [0.717, 1.165) is 12.5 Å². The van der Waals surface area contributed by atoms with E-state index in [1.165, 1.54) is 64.6 Å². The maximum Gasteiger partial charge on any atom is 0.0530 e. The highest BCUT2D eigenvalue weighted by Gasteiger charge is 2.38. The van der Waals surface area contributed by atoms with Gasteiger partial charge in [0.25, 0.3) is 0 Å². The molecule has 0 unspecified atom stereocenters. The normalized spacial score (nSPS) is 20.7. The van der Waals surface area contributed by atoms with Gasteiger partial charge in [-0.3, -0.25) is 0 Å². The van der Waals surface area contributed by atoms with Gasteiger partial charge in [0.2, 0.25) is 0 Å². The van der Waals surface area contributed by atoms with Gasteiger partial charge in [0.05, 0.1) is 6.61 Å². The quantitative estimate of drug-likeness (QED) is 0.617. The van der Waals surface area contributed by atoms with Gasteiger partial charge in [0.15, 0.2) is 0 Å². The molecule has 0 amide bonds. The van der Waals surface area contributed by atoms with Crippen molar-refractivity contribution in [3.63, 3.8) is 0 Å². The molecule has 2 aliphatic rings. The Kier molecular flexibility index (Phi) is 8.01. The van der Waals surface area contributed by atoms with Crippen LogP contribution in [0.15, 0.2) is 0 Å². The first-order valence-electron chi connectivity index (χ1n) is 8.49. The fraction of sp³-hybridized carbons (Fsp3) is 1.00. The van der Waals surface area contributed by atoms with Crippen molar-refractivity contribution in [3.05, 3.63) is 0 Å². The summed E-state index contributed by atoms with van der Waals surface area (Å²) < 4.78 is 5.44. The lowest BCUT2D eigenvalue weighted by Gasteiger charge is -2.44. The van der Waals surface area contributed by atoms with E-state index in [9.17, 15) is 0 Å². The van der Waals surface area contributed by atoms with Crippen LogP contribution in [0.25, 0.3) is 0 Å². The number of nitrogens with zero attached hydrogens (tertiary/aromatic N) is 1. The molecule has 114 valence electrons. The van der Waals surface area contributed by atoms with Gasteiger partial charge in [0.1, 0.15) is 0 Å². The fourth-order valence-corrected chi connectivity index (χ4v) is 3.16. The summed E-state index contributed by atoms with van der Waals surface area (Å²) in [5.41, 5.74) is 0.507. The van der Waals surface area contributed by atoms with Gasteiger partial charge in [-0.15, -0.1) is 0 Å². The second kappa shape index (κ2) is 8.97. The van der Waals surface area contributed by atoms with E-state index in [2.05, 4.69) is 11.8 Å². The van der Waals surface area contributed by atoms with Gasteiger partial charge >= 0.3 is 0 Å². The Bertz CT molecular complexity index is 221. The highest BCUT2D eigenvalue weighted by Crippen LogP contribution is 2.42. The zero-order chi connectivity index (χ0) is 14.1. The first-order valence-corrected chi connectivity index (χ1v) is 8.49. The monoisotopic (exact) mass is 269 g/mol. The number of ether oxygens (including phenoxy) is 1. The predicted molar refractivity (Wildman–Crippen MR) is 83.6 cm³/mol. The molecule has 2 fully saturated rings. The summed E-state index contributed by atoms with van der Waals surface area (Å²) in [6, 6.07) is 0. The first-order chi connectivity index (χ1) is 9.28. The second-order valence-corrected chi connectivity index (χ2v) is 6.29. The van der Waals surface area contributed by atoms with Crippen LogP contribution in [0.3, 0.4) is 0 Å². The minimum atomic E-state index is 0.507. The van der Waals surface area contributed by atoms with Crippen molar-refractivity contribution in [2.45, 2.75) is 65.7 Å². The van der Waals surface area contributed by atoms with Crippen molar-refractivity contribution in [1.29, 1.82) is 0 Å². The molecule has 0 saturated heterocycles. The maximum atomic E-state index is 5.44. The maximum absolute atomic E-state index is 5.44. The Morgan fingerprint density at radius 2 is 1.84 bits per heavy atom. The van der Waals surface area contributed by atoms with E-state index in [1.54, 1.807) is 0 Å². The molecule has 2 aliphatic carbocycles. The molecular weight excluding hydrogens is 234 g/mol. The lowest BCUT2D eigenvalue weighted by molar-refractivity contribution is -0.0121. The molecule has 2 saturated carbocycles. The highest BCUT2D eigenvalue weighted by atomic mass is 16.5. The summed E-state index contributed by atoms with van der Waals surface area (Å²) >= 11 is 0. The van der Waals surface area contributed by atoms with Crippen molar-refractivity contribution < 1.29 is 4.74 Å². The summed E-state index contributed by atoms with van der Waals surface area (Å²) in [7, 11) is 1.86. The fourth-order valence-electron chi connectivity index (χ4n) is 3.16. The molecule has 0 aromatic rings. The molecule has 19 heavy (non-hydrogen) atoms. The SMILES string of the molecule is CC.CCCN(CCC1CC1)CC1(COC)CCC1. The Labute approximate surface area is 120 Å². The van der Waals surface area contributed by atoms with Crippen LogP contribution in [0.5, 0.6) is 0 Å². The van der Waals surface area contributed by atoms with Crippen molar-refractivity contribution in [2.75, 3.05) is 33.4 Å². The van der Waals surface area contributed by atoms with E-state index in [-0.39, 0.29) is 0 Å². The number of hydrogen-bond acceptors (Lipinski definition) is 2. The van der Waals surface area contributed by atoms with Crippen LogP contribution in [0.2, 0.25) is 0 Å². The minimum Gasteiger partial charge on any atom is -0.384 e. The smallest absolute Gasteiger partial charge is 0.0530 e. The first kappa shape index (κ1) is 17.0. The van der Waals surface area contributed by atoms with Gasteiger partial charge in [0, 0.05) is 19.1 Å². The average Bonchev–Trinajstić information content (AvgIpc) is 3.20. The summed E-state index contributed by atoms with van der Waals surface area (Å²) in [5.74, 6) is 1.06. The highest BCUT2D eigenvalue weighted by molar-refractivity contribution is 4.90. The standard InChI is InChI=1S/C15H29NO.C2H6/c1-3-10-16(11-7-14-5-6-14)12-15(13-17-2)8-4-9-15;1-2/h14H,3-13H2,1-2H3;1-2H3. The van der Waals surface area contributed by atoms with Crippen molar-refractivity contribution in [2.24, 2.45) is 11.3 Å². The average molecular weight is 269 g/mol. The van der Waals surface area contributed by atoms with E-state index >= 15 is 0 Å². The summed E-state index contributed by atoms with van der Waals surface area (Å²) in [4.78, 5) is 2.70. The van der Waals surface area contributed by atoms with Crippen LogP contribution in [-0.2, 0) is 4.74 Å². The zero-order valence-corrected chi connectivity index (χ0v) is 13.7. The lowest BCUT2D eigenvalue weighted by atomic mass is 9.69. The Morgan fingerprint density at radius 3 is 2.26 bits per heavy atom. The molecule has 0 N–H and O–H groups in total. The van der Waals surface area contributed by atoms with E-state index in [4.69, 9.17) is 4.74 Å². The molecular formula is C17H35NO. The van der Waals surface area contributed by atoms with Crippen LogP contribution < -0.4 is 0 Å². The molecule has 0 spiro atoms. The van der Waals surface area contributed by atoms with Gasteiger partial charge in [-0.2, -0.15) is 0 Å². The summed E-state index contributed by atoms with van der Waals surface area (Å²) in [6.07, 6.45) is 9.87. The third-order valence-electron chi connectivity index (χ3n) is 4.51. The van der Waals surface area contributed by atoms with Gasteiger partial charge in [-0.05, 0) is 44.7 Å². The largest absolute Gasteiger partial charge is 0.384 e. The molecule has 0 atom stereocenters. The van der Waals surface area contributed by atoms with Gasteiger partial charge < -0.3 is 9.64 Å². The number of hydrogen-bond donors (Lipinski definition) is 0. The molecule has 2 nitrogen and oxygen atoms in total. The van der Waals surface area contributed by atoms with Crippen LogP contribution in [0.1, 0.15) is 65.7 Å². The third-order valence-corrected chi connectivity index (χ3v) is 4.51. The molecule has 0 aliphatic heterocycles. The molecule has 0 radical (unpaired) electrons. The topological polar surface area (TPSA) is 12.5 Å². The second-order valence-electron chi connectivity index (χ2n) is 6.29. The van der Waals surface area contributed by atoms with Crippen LogP contribution in [0, 0.1) is 11.3 Å². The van der Waals surface area contributed by atoms with Gasteiger partial charge in [-0.1, -0.05) is 40.0 Å². The third kappa shape index (κ3) is 5.83. The molecule has 2 rings (SSSR count). The van der Waals surface area contributed by atoms with Gasteiger partial charge in [-0.25, -0.2) is 0 Å². The van der Waals surface area contributed by atoms with Crippen LogP contribution in [0.4, 0.5) is 0 Å². The molecule has 2 heteroatoms. The predicted octanol–water partition coefficient (Wildman–Crippen LogP) is 4.34. The Morgan fingerprint density at radius 1 is 1.16 bits per heavy atom.